The van der Waals surface area contributed by atoms with E-state index in [0.29, 0.717) is 5.56 Å². The summed E-state index contributed by atoms with van der Waals surface area (Å²) >= 11 is 6.67. The Kier molecular flexibility index (Phi) is 6.29. The summed E-state index contributed by atoms with van der Waals surface area (Å²) in [5, 5.41) is 9.93. The van der Waals surface area contributed by atoms with Gasteiger partial charge in [0.1, 0.15) is 6.61 Å². The summed E-state index contributed by atoms with van der Waals surface area (Å²) in [5.41, 5.74) is 1.62. The maximum Gasteiger partial charge on any atom is 0.411 e. The number of benzene rings is 1. The van der Waals surface area contributed by atoms with E-state index in [1.165, 1.54) is 0 Å². The smallest absolute Gasteiger partial charge is 0.388 e. The van der Waals surface area contributed by atoms with Crippen molar-refractivity contribution in [2.75, 3.05) is 13.2 Å². The van der Waals surface area contributed by atoms with Crippen LogP contribution in [0.15, 0.2) is 21.1 Å². The van der Waals surface area contributed by atoms with Crippen molar-refractivity contribution >= 4 is 31.9 Å². The van der Waals surface area contributed by atoms with E-state index in [1.54, 1.807) is 6.07 Å². The minimum absolute atomic E-state index is 0.101. The Morgan fingerprint density at radius 1 is 1.26 bits per heavy atom. The molecule has 0 heterocycles. The average molecular weight is 406 g/mol. The summed E-state index contributed by atoms with van der Waals surface area (Å²) in [6.07, 6.45) is -5.11. The third-order valence-electron chi connectivity index (χ3n) is 2.44. The van der Waals surface area contributed by atoms with Crippen LogP contribution < -0.4 is 0 Å². The van der Waals surface area contributed by atoms with Gasteiger partial charge in [0.25, 0.3) is 0 Å². The summed E-state index contributed by atoms with van der Waals surface area (Å²) in [6.45, 7) is 0.453. The van der Waals surface area contributed by atoms with Crippen LogP contribution in [0.3, 0.4) is 0 Å². The molecule has 0 spiro atoms. The van der Waals surface area contributed by atoms with Gasteiger partial charge in [-0.15, -0.1) is 0 Å². The van der Waals surface area contributed by atoms with E-state index in [4.69, 9.17) is 0 Å². The number of halogens is 5. The van der Waals surface area contributed by atoms with Crippen molar-refractivity contribution in [3.8, 4) is 0 Å². The van der Waals surface area contributed by atoms with Crippen LogP contribution in [0.5, 0.6) is 0 Å². The van der Waals surface area contributed by atoms with E-state index < -0.39 is 18.9 Å². The van der Waals surface area contributed by atoms with Crippen molar-refractivity contribution in [3.05, 3.63) is 32.2 Å². The first-order chi connectivity index (χ1) is 8.70. The molecular weight excluding hydrogens is 393 g/mol. The molecule has 2 nitrogen and oxygen atoms in total. The summed E-state index contributed by atoms with van der Waals surface area (Å²) in [4.78, 5) is 0. The van der Waals surface area contributed by atoms with Gasteiger partial charge in [-0.3, -0.25) is 0 Å². The fourth-order valence-electron chi connectivity index (χ4n) is 1.46. The van der Waals surface area contributed by atoms with Gasteiger partial charge in [0.15, 0.2) is 0 Å². The molecule has 0 saturated carbocycles. The number of aliphatic hydroxyl groups excluding tert-OH is 1. The van der Waals surface area contributed by atoms with Gasteiger partial charge in [0.05, 0.1) is 6.10 Å². The topological polar surface area (TPSA) is 29.5 Å². The standard InChI is InChI=1S/C12H13Br2F3O2/c1-7-4-10(14)8(5-9(7)13)11(18)2-3-19-6-12(15,16)17/h4-5,11,18H,2-3,6H2,1H3. The highest BCUT2D eigenvalue weighted by Crippen LogP contribution is 2.31. The molecule has 1 N–H and O–H groups in total. The van der Waals surface area contributed by atoms with Gasteiger partial charge in [-0.25, -0.2) is 0 Å². The molecule has 1 atom stereocenters. The predicted molar refractivity (Wildman–Crippen MR) is 73.0 cm³/mol. The summed E-state index contributed by atoms with van der Waals surface area (Å²) < 4.78 is 41.6. The lowest BCUT2D eigenvalue weighted by atomic mass is 10.1. The Bertz CT molecular complexity index is 436. The van der Waals surface area contributed by atoms with Crippen LogP contribution in [-0.2, 0) is 4.74 Å². The quantitative estimate of drug-likeness (QED) is 0.729. The van der Waals surface area contributed by atoms with E-state index in [0.717, 1.165) is 14.5 Å². The lowest BCUT2D eigenvalue weighted by Crippen LogP contribution is -2.18. The van der Waals surface area contributed by atoms with Crippen LogP contribution in [0.1, 0.15) is 23.7 Å². The van der Waals surface area contributed by atoms with Gasteiger partial charge in [0, 0.05) is 22.0 Å². The molecule has 0 radical (unpaired) electrons. The molecule has 0 bridgehead atoms. The monoisotopic (exact) mass is 404 g/mol. The molecule has 0 fully saturated rings. The first kappa shape index (κ1) is 16.9. The van der Waals surface area contributed by atoms with Crippen LogP contribution in [-0.4, -0.2) is 24.5 Å². The highest BCUT2D eigenvalue weighted by Gasteiger charge is 2.27. The molecule has 0 saturated heterocycles. The SMILES string of the molecule is Cc1cc(Br)c(C(O)CCOCC(F)(F)F)cc1Br. The Morgan fingerprint density at radius 2 is 1.89 bits per heavy atom. The minimum atomic E-state index is -4.33. The van der Waals surface area contributed by atoms with Crippen molar-refractivity contribution < 1.29 is 23.0 Å². The second kappa shape index (κ2) is 7.06. The number of hydrogen-bond acceptors (Lipinski definition) is 2. The van der Waals surface area contributed by atoms with Crippen LogP contribution in [0, 0.1) is 6.92 Å². The van der Waals surface area contributed by atoms with Crippen molar-refractivity contribution in [2.24, 2.45) is 0 Å². The normalized spacial score (nSPS) is 13.6. The summed E-state index contributed by atoms with van der Waals surface area (Å²) in [6, 6.07) is 3.58. The van der Waals surface area contributed by atoms with Crippen LogP contribution in [0.4, 0.5) is 13.2 Å². The molecule has 1 aromatic rings. The molecule has 108 valence electrons. The van der Waals surface area contributed by atoms with Gasteiger partial charge in [-0.1, -0.05) is 31.9 Å². The Morgan fingerprint density at radius 3 is 2.47 bits per heavy atom. The van der Waals surface area contributed by atoms with E-state index in [1.807, 2.05) is 13.0 Å². The largest absolute Gasteiger partial charge is 0.411 e. The fourth-order valence-corrected chi connectivity index (χ4v) is 2.54. The summed E-state index contributed by atoms with van der Waals surface area (Å²) in [7, 11) is 0. The van der Waals surface area contributed by atoms with E-state index in [9.17, 15) is 18.3 Å². The van der Waals surface area contributed by atoms with Gasteiger partial charge in [0.2, 0.25) is 0 Å². The number of aryl methyl sites for hydroxylation is 1. The van der Waals surface area contributed by atoms with Crippen LogP contribution in [0.2, 0.25) is 0 Å². The third-order valence-corrected chi connectivity index (χ3v) is 3.98. The highest BCUT2D eigenvalue weighted by atomic mass is 79.9. The van der Waals surface area contributed by atoms with Crippen molar-refractivity contribution in [1.29, 1.82) is 0 Å². The Labute approximate surface area is 126 Å². The third kappa shape index (κ3) is 5.81. The lowest BCUT2D eigenvalue weighted by Gasteiger charge is -2.15. The number of rotatable bonds is 5. The second-order valence-electron chi connectivity index (χ2n) is 4.10. The van der Waals surface area contributed by atoms with Crippen molar-refractivity contribution in [3.63, 3.8) is 0 Å². The molecule has 19 heavy (non-hydrogen) atoms. The van der Waals surface area contributed by atoms with Crippen molar-refractivity contribution in [1.82, 2.24) is 0 Å². The zero-order valence-corrected chi connectivity index (χ0v) is 13.3. The van der Waals surface area contributed by atoms with Gasteiger partial charge in [-0.05, 0) is 30.2 Å². The van der Waals surface area contributed by atoms with Crippen molar-refractivity contribution in [2.45, 2.75) is 25.6 Å². The molecule has 1 unspecified atom stereocenters. The molecule has 0 aromatic heterocycles. The minimum Gasteiger partial charge on any atom is -0.388 e. The van der Waals surface area contributed by atoms with Crippen LogP contribution >= 0.6 is 31.9 Å². The first-order valence-corrected chi connectivity index (χ1v) is 7.07. The number of aliphatic hydroxyl groups is 1. The van der Waals surface area contributed by atoms with E-state index in [-0.39, 0.29) is 13.0 Å². The number of hydrogen-bond donors (Lipinski definition) is 1. The fraction of sp³-hybridized carbons (Fsp3) is 0.500. The maximum absolute atomic E-state index is 11.9. The van der Waals surface area contributed by atoms with Crippen LogP contribution in [0.25, 0.3) is 0 Å². The van der Waals surface area contributed by atoms with Gasteiger partial charge < -0.3 is 9.84 Å². The molecule has 1 aromatic carbocycles. The zero-order valence-electron chi connectivity index (χ0n) is 10.1. The maximum atomic E-state index is 11.9. The molecule has 0 aliphatic rings. The molecular formula is C12H13Br2F3O2. The Hall–Kier alpha value is -0.110. The van der Waals surface area contributed by atoms with E-state index in [2.05, 4.69) is 36.6 Å². The van der Waals surface area contributed by atoms with Gasteiger partial charge >= 0.3 is 6.18 Å². The molecule has 1 rings (SSSR count). The number of ether oxygens (including phenoxy) is 1. The first-order valence-electron chi connectivity index (χ1n) is 5.49. The second-order valence-corrected chi connectivity index (χ2v) is 5.80. The van der Waals surface area contributed by atoms with Gasteiger partial charge in [-0.2, -0.15) is 13.2 Å². The predicted octanol–water partition coefficient (Wildman–Crippen LogP) is 4.52. The Balaban J connectivity index is 2.54. The lowest BCUT2D eigenvalue weighted by molar-refractivity contribution is -0.175. The molecule has 7 heteroatoms. The number of alkyl halides is 3. The highest BCUT2D eigenvalue weighted by molar-refractivity contribution is 9.11. The molecule has 0 amide bonds. The summed E-state index contributed by atoms with van der Waals surface area (Å²) in [5.74, 6) is 0. The van der Waals surface area contributed by atoms with E-state index >= 15 is 0 Å². The zero-order chi connectivity index (χ0) is 14.6. The molecule has 0 aliphatic heterocycles. The average Bonchev–Trinajstić information content (AvgIpc) is 2.28. The molecule has 0 aliphatic carbocycles.